The number of methoxy groups -OCH3 is 1. The number of hydrogen-bond donors (Lipinski definition) is 1. The smallest absolute Gasteiger partial charge is 0.139 e. The van der Waals surface area contributed by atoms with Crippen LogP contribution in [0.15, 0.2) is 16.6 Å². The van der Waals surface area contributed by atoms with Crippen molar-refractivity contribution in [1.29, 1.82) is 0 Å². The number of rotatable bonds is 1. The third kappa shape index (κ3) is 1.41. The molecule has 1 aromatic carbocycles. The second-order valence-corrected chi connectivity index (χ2v) is 4.30. The second-order valence-electron chi connectivity index (χ2n) is 3.10. The van der Waals surface area contributed by atoms with E-state index in [1.165, 1.54) is 0 Å². The molecule has 2 rings (SSSR count). The summed E-state index contributed by atoms with van der Waals surface area (Å²) in [5, 5.41) is 1.70. The van der Waals surface area contributed by atoms with E-state index in [-0.39, 0.29) is 0 Å². The lowest BCUT2D eigenvalue weighted by Crippen LogP contribution is -1.83. The number of aromatic nitrogens is 1. The van der Waals surface area contributed by atoms with E-state index < -0.39 is 0 Å². The summed E-state index contributed by atoms with van der Waals surface area (Å²) in [5.41, 5.74) is 2.11. The van der Waals surface area contributed by atoms with Crippen LogP contribution in [-0.2, 0) is 0 Å². The van der Waals surface area contributed by atoms with Crippen molar-refractivity contribution >= 4 is 38.4 Å². The van der Waals surface area contributed by atoms with Crippen molar-refractivity contribution in [2.75, 3.05) is 7.11 Å². The predicted octanol–water partition coefficient (Wildman–Crippen LogP) is 3.90. The third-order valence-corrected chi connectivity index (χ3v) is 3.50. The zero-order valence-electron chi connectivity index (χ0n) is 7.82. The van der Waals surface area contributed by atoms with Gasteiger partial charge in [-0.25, -0.2) is 0 Å². The molecule has 0 radical (unpaired) electrons. The number of hydrogen-bond acceptors (Lipinski definition) is 1. The molecule has 0 saturated heterocycles. The standard InChI is InChI=1S/C10H9BrClNO/c1-5-10(11)6-3-7(12)9(14-2)4-8(6)13-5/h3-4,13H,1-2H3. The maximum atomic E-state index is 6.02. The molecule has 2 aromatic rings. The largest absolute Gasteiger partial charge is 0.495 e. The van der Waals surface area contributed by atoms with Gasteiger partial charge < -0.3 is 9.72 Å². The molecule has 2 nitrogen and oxygen atoms in total. The van der Waals surface area contributed by atoms with E-state index in [1.54, 1.807) is 7.11 Å². The van der Waals surface area contributed by atoms with Crippen LogP contribution >= 0.6 is 27.5 Å². The van der Waals surface area contributed by atoms with Gasteiger partial charge in [-0.05, 0) is 28.9 Å². The average Bonchev–Trinajstić information content (AvgIpc) is 2.43. The van der Waals surface area contributed by atoms with Crippen molar-refractivity contribution in [1.82, 2.24) is 4.98 Å². The van der Waals surface area contributed by atoms with Crippen LogP contribution < -0.4 is 4.74 Å². The zero-order valence-corrected chi connectivity index (χ0v) is 10.2. The van der Waals surface area contributed by atoms with E-state index in [0.717, 1.165) is 21.1 Å². The molecule has 0 fully saturated rings. The molecule has 0 bridgehead atoms. The van der Waals surface area contributed by atoms with E-state index in [4.69, 9.17) is 16.3 Å². The number of halogens is 2. The van der Waals surface area contributed by atoms with Crippen LogP contribution in [0.2, 0.25) is 5.02 Å². The van der Waals surface area contributed by atoms with E-state index in [1.807, 2.05) is 19.1 Å². The topological polar surface area (TPSA) is 25.0 Å². The fourth-order valence-electron chi connectivity index (χ4n) is 1.45. The Labute approximate surface area is 95.3 Å². The van der Waals surface area contributed by atoms with E-state index in [0.29, 0.717) is 10.8 Å². The molecule has 74 valence electrons. The molecule has 0 aliphatic rings. The van der Waals surface area contributed by atoms with Crippen molar-refractivity contribution in [3.63, 3.8) is 0 Å². The summed E-state index contributed by atoms with van der Waals surface area (Å²) >= 11 is 9.53. The lowest BCUT2D eigenvalue weighted by atomic mass is 10.2. The van der Waals surface area contributed by atoms with Gasteiger partial charge in [0, 0.05) is 21.6 Å². The quantitative estimate of drug-likeness (QED) is 0.838. The fraction of sp³-hybridized carbons (Fsp3) is 0.200. The van der Waals surface area contributed by atoms with Crippen LogP contribution in [-0.4, -0.2) is 12.1 Å². The Hall–Kier alpha value is -0.670. The highest BCUT2D eigenvalue weighted by atomic mass is 79.9. The number of H-pyrrole nitrogens is 1. The van der Waals surface area contributed by atoms with Gasteiger partial charge in [-0.3, -0.25) is 0 Å². The molecule has 0 saturated carbocycles. The summed E-state index contributed by atoms with van der Waals surface area (Å²) < 4.78 is 6.19. The molecular formula is C10H9BrClNO. The first-order valence-electron chi connectivity index (χ1n) is 4.15. The Morgan fingerprint density at radius 2 is 2.14 bits per heavy atom. The molecule has 0 spiro atoms. The second kappa shape index (κ2) is 3.48. The Balaban J connectivity index is 2.79. The van der Waals surface area contributed by atoms with Gasteiger partial charge in [0.15, 0.2) is 0 Å². The molecule has 0 aliphatic heterocycles. The number of nitrogens with one attached hydrogen (secondary N) is 1. The maximum Gasteiger partial charge on any atom is 0.139 e. The summed E-state index contributed by atoms with van der Waals surface area (Å²) in [5.74, 6) is 0.688. The molecule has 0 unspecified atom stereocenters. The van der Waals surface area contributed by atoms with Crippen LogP contribution in [0, 0.1) is 6.92 Å². The van der Waals surface area contributed by atoms with Gasteiger partial charge in [-0.15, -0.1) is 0 Å². The van der Waals surface area contributed by atoms with Gasteiger partial charge in [0.1, 0.15) is 5.75 Å². The minimum Gasteiger partial charge on any atom is -0.495 e. The third-order valence-electron chi connectivity index (χ3n) is 2.18. The number of aromatic amines is 1. The summed E-state index contributed by atoms with van der Waals surface area (Å²) in [7, 11) is 1.61. The highest BCUT2D eigenvalue weighted by Crippen LogP contribution is 2.34. The van der Waals surface area contributed by atoms with Gasteiger partial charge in [-0.1, -0.05) is 11.6 Å². The monoisotopic (exact) mass is 273 g/mol. The molecule has 4 heteroatoms. The first-order chi connectivity index (χ1) is 6.63. The summed E-state index contributed by atoms with van der Waals surface area (Å²) in [6.07, 6.45) is 0. The minimum absolute atomic E-state index is 0.625. The van der Waals surface area contributed by atoms with Gasteiger partial charge in [0.05, 0.1) is 17.6 Å². The Kier molecular flexibility index (Phi) is 2.45. The van der Waals surface area contributed by atoms with Gasteiger partial charge in [0.2, 0.25) is 0 Å². The van der Waals surface area contributed by atoms with E-state index in [2.05, 4.69) is 20.9 Å². The summed E-state index contributed by atoms with van der Waals surface area (Å²) in [6, 6.07) is 3.79. The Morgan fingerprint density at radius 3 is 2.79 bits per heavy atom. The molecule has 0 atom stereocenters. The van der Waals surface area contributed by atoms with Crippen LogP contribution in [0.25, 0.3) is 10.9 Å². The lowest BCUT2D eigenvalue weighted by Gasteiger charge is -2.02. The minimum atomic E-state index is 0.625. The first-order valence-corrected chi connectivity index (χ1v) is 5.32. The van der Waals surface area contributed by atoms with Crippen molar-refractivity contribution in [3.8, 4) is 5.75 Å². The highest BCUT2D eigenvalue weighted by molar-refractivity contribution is 9.10. The molecule has 1 N–H and O–H groups in total. The zero-order chi connectivity index (χ0) is 10.3. The lowest BCUT2D eigenvalue weighted by molar-refractivity contribution is 0.415. The predicted molar refractivity (Wildman–Crippen MR) is 62.3 cm³/mol. The van der Waals surface area contributed by atoms with E-state index in [9.17, 15) is 0 Å². The number of benzene rings is 1. The van der Waals surface area contributed by atoms with Crippen LogP contribution in [0.3, 0.4) is 0 Å². The maximum absolute atomic E-state index is 6.02. The van der Waals surface area contributed by atoms with Crippen molar-refractivity contribution in [3.05, 3.63) is 27.3 Å². The number of ether oxygens (including phenoxy) is 1. The van der Waals surface area contributed by atoms with Crippen LogP contribution in [0.4, 0.5) is 0 Å². The Bertz CT molecular complexity index is 492. The summed E-state index contributed by atoms with van der Waals surface area (Å²) in [4.78, 5) is 3.24. The highest BCUT2D eigenvalue weighted by Gasteiger charge is 2.09. The molecular weight excluding hydrogens is 265 g/mol. The Morgan fingerprint density at radius 1 is 1.43 bits per heavy atom. The van der Waals surface area contributed by atoms with Gasteiger partial charge >= 0.3 is 0 Å². The average molecular weight is 275 g/mol. The SMILES string of the molecule is COc1cc2[nH]c(C)c(Br)c2cc1Cl. The first kappa shape index (κ1) is 9.87. The van der Waals surface area contributed by atoms with Crippen LogP contribution in [0.1, 0.15) is 5.69 Å². The van der Waals surface area contributed by atoms with E-state index >= 15 is 0 Å². The number of aryl methyl sites for hydroxylation is 1. The normalized spacial score (nSPS) is 10.9. The van der Waals surface area contributed by atoms with Crippen molar-refractivity contribution in [2.24, 2.45) is 0 Å². The molecule has 0 amide bonds. The van der Waals surface area contributed by atoms with Crippen molar-refractivity contribution in [2.45, 2.75) is 6.92 Å². The van der Waals surface area contributed by atoms with Gasteiger partial charge in [-0.2, -0.15) is 0 Å². The molecule has 1 heterocycles. The fourth-order valence-corrected chi connectivity index (χ4v) is 2.12. The van der Waals surface area contributed by atoms with Crippen LogP contribution in [0.5, 0.6) is 5.75 Å². The number of fused-ring (bicyclic) bond motifs is 1. The summed E-state index contributed by atoms with van der Waals surface area (Å²) in [6.45, 7) is 2.00. The van der Waals surface area contributed by atoms with Crippen molar-refractivity contribution < 1.29 is 4.74 Å². The van der Waals surface area contributed by atoms with Gasteiger partial charge in [0.25, 0.3) is 0 Å². The molecule has 1 aromatic heterocycles. The molecule has 0 aliphatic carbocycles. The molecule has 14 heavy (non-hydrogen) atoms.